The van der Waals surface area contributed by atoms with Gasteiger partial charge < -0.3 is 4.90 Å². The molecule has 0 aliphatic carbocycles. The van der Waals surface area contributed by atoms with Gasteiger partial charge in [-0.2, -0.15) is 0 Å². The number of likely N-dealkylation sites (tertiary alicyclic amines) is 1. The Labute approximate surface area is 97.6 Å². The number of hydrogen-bond acceptors (Lipinski definition) is 1. The highest BCUT2D eigenvalue weighted by Gasteiger charge is 2.16. The summed E-state index contributed by atoms with van der Waals surface area (Å²) in [5.74, 6) is 0.802. The van der Waals surface area contributed by atoms with Crippen molar-refractivity contribution >= 4 is 0 Å². The number of piperidine rings is 1. The van der Waals surface area contributed by atoms with Gasteiger partial charge in [-0.25, -0.2) is 0 Å². The van der Waals surface area contributed by atoms with Crippen LogP contribution >= 0.6 is 0 Å². The van der Waals surface area contributed by atoms with E-state index >= 15 is 0 Å². The first-order valence-electron chi connectivity index (χ1n) is 6.45. The third kappa shape index (κ3) is 9.99. The van der Waals surface area contributed by atoms with Gasteiger partial charge in [-0.3, -0.25) is 0 Å². The molecule has 0 unspecified atom stereocenters. The molecule has 1 heteroatoms. The first kappa shape index (κ1) is 17.1. The van der Waals surface area contributed by atoms with E-state index in [4.69, 9.17) is 0 Å². The third-order valence-corrected chi connectivity index (χ3v) is 2.42. The largest absolute Gasteiger partial charge is 0.306 e. The van der Waals surface area contributed by atoms with E-state index in [1.54, 1.807) is 0 Å². The Morgan fingerprint density at radius 3 is 1.80 bits per heavy atom. The van der Waals surface area contributed by atoms with E-state index in [9.17, 15) is 0 Å². The molecule has 0 amide bonds. The Bertz CT molecular complexity index is 132. The van der Waals surface area contributed by atoms with Crippen LogP contribution in [-0.2, 0) is 0 Å². The standard InChI is InChI=1S/C9H17N.C3H8.C2H6/c1-8(2)9-4-6-10(3)7-5-9;1-3-2;1-2/h9H,1,4-7H2,2-3H3;3H2,1-2H3;1-2H3. The predicted octanol–water partition coefficient (Wildman–Crippen LogP) is 4.35. The van der Waals surface area contributed by atoms with Crippen LogP contribution in [0.5, 0.6) is 0 Å². The highest BCUT2D eigenvalue weighted by Crippen LogP contribution is 2.21. The minimum Gasteiger partial charge on any atom is -0.306 e. The van der Waals surface area contributed by atoms with E-state index < -0.39 is 0 Å². The molecule has 0 spiro atoms. The van der Waals surface area contributed by atoms with Gasteiger partial charge in [0.1, 0.15) is 0 Å². The molecular weight excluding hydrogens is 182 g/mol. The van der Waals surface area contributed by atoms with Crippen molar-refractivity contribution < 1.29 is 0 Å². The summed E-state index contributed by atoms with van der Waals surface area (Å²) in [6.07, 6.45) is 3.87. The number of nitrogens with zero attached hydrogens (tertiary/aromatic N) is 1. The van der Waals surface area contributed by atoms with Crippen LogP contribution in [-0.4, -0.2) is 25.0 Å². The summed E-state index contributed by atoms with van der Waals surface area (Å²) in [5.41, 5.74) is 1.37. The average molecular weight is 213 g/mol. The van der Waals surface area contributed by atoms with Gasteiger partial charge in [0.2, 0.25) is 0 Å². The molecular formula is C14H31N. The SMILES string of the molecule is C=C(C)C1CCN(C)CC1.CC.CCC. The Balaban J connectivity index is 0. The van der Waals surface area contributed by atoms with E-state index in [0.717, 1.165) is 5.92 Å². The molecule has 0 atom stereocenters. The van der Waals surface area contributed by atoms with E-state index in [1.165, 1.54) is 37.9 Å². The summed E-state index contributed by atoms with van der Waals surface area (Å²) in [6.45, 7) is 16.9. The first-order chi connectivity index (χ1) is 7.11. The van der Waals surface area contributed by atoms with Crippen LogP contribution in [0.2, 0.25) is 0 Å². The lowest BCUT2D eigenvalue weighted by molar-refractivity contribution is 0.238. The van der Waals surface area contributed by atoms with E-state index in [1.807, 2.05) is 13.8 Å². The van der Waals surface area contributed by atoms with E-state index in [2.05, 4.69) is 39.3 Å². The zero-order valence-electron chi connectivity index (χ0n) is 11.8. The van der Waals surface area contributed by atoms with Crippen molar-refractivity contribution in [1.29, 1.82) is 0 Å². The molecule has 0 bridgehead atoms. The van der Waals surface area contributed by atoms with Gasteiger partial charge >= 0.3 is 0 Å². The minimum atomic E-state index is 0.802. The topological polar surface area (TPSA) is 3.24 Å². The monoisotopic (exact) mass is 213 g/mol. The maximum atomic E-state index is 3.99. The van der Waals surface area contributed by atoms with Crippen LogP contribution in [0.4, 0.5) is 0 Å². The molecule has 0 aromatic heterocycles. The normalized spacial score (nSPS) is 16.9. The molecule has 1 heterocycles. The van der Waals surface area contributed by atoms with Crippen molar-refractivity contribution in [2.24, 2.45) is 5.92 Å². The van der Waals surface area contributed by atoms with Gasteiger partial charge in [-0.1, -0.05) is 46.3 Å². The second-order valence-corrected chi connectivity index (χ2v) is 4.13. The van der Waals surface area contributed by atoms with Crippen molar-refractivity contribution in [3.63, 3.8) is 0 Å². The fraction of sp³-hybridized carbons (Fsp3) is 0.857. The quantitative estimate of drug-likeness (QED) is 0.585. The molecule has 0 radical (unpaired) electrons. The van der Waals surface area contributed by atoms with Crippen molar-refractivity contribution in [2.75, 3.05) is 20.1 Å². The average Bonchev–Trinajstić information content (AvgIpc) is 2.22. The van der Waals surface area contributed by atoms with Crippen LogP contribution < -0.4 is 0 Å². The summed E-state index contributed by atoms with van der Waals surface area (Å²) < 4.78 is 0. The molecule has 1 nitrogen and oxygen atoms in total. The molecule has 1 saturated heterocycles. The zero-order valence-corrected chi connectivity index (χ0v) is 11.8. The first-order valence-corrected chi connectivity index (χ1v) is 6.45. The molecule has 1 aliphatic rings. The van der Waals surface area contributed by atoms with Crippen molar-refractivity contribution in [3.8, 4) is 0 Å². The predicted molar refractivity (Wildman–Crippen MR) is 72.3 cm³/mol. The molecule has 0 aromatic rings. The van der Waals surface area contributed by atoms with Crippen molar-refractivity contribution in [3.05, 3.63) is 12.2 Å². The molecule has 0 aromatic carbocycles. The molecule has 0 saturated carbocycles. The summed E-state index contributed by atoms with van der Waals surface area (Å²) in [6, 6.07) is 0. The van der Waals surface area contributed by atoms with E-state index in [-0.39, 0.29) is 0 Å². The molecule has 1 fully saturated rings. The van der Waals surface area contributed by atoms with Crippen molar-refractivity contribution in [2.45, 2.75) is 53.9 Å². The lowest BCUT2D eigenvalue weighted by atomic mass is 9.91. The van der Waals surface area contributed by atoms with Crippen LogP contribution in [0.25, 0.3) is 0 Å². The maximum Gasteiger partial charge on any atom is -0.00161 e. The van der Waals surface area contributed by atoms with Crippen molar-refractivity contribution in [1.82, 2.24) is 4.90 Å². The van der Waals surface area contributed by atoms with Gasteiger partial charge in [0.15, 0.2) is 0 Å². The van der Waals surface area contributed by atoms with E-state index in [0.29, 0.717) is 0 Å². The second kappa shape index (κ2) is 11.8. The molecule has 0 N–H and O–H groups in total. The Morgan fingerprint density at radius 2 is 1.53 bits per heavy atom. The molecule has 15 heavy (non-hydrogen) atoms. The van der Waals surface area contributed by atoms with Crippen LogP contribution in [0.3, 0.4) is 0 Å². The maximum absolute atomic E-state index is 3.99. The highest BCUT2D eigenvalue weighted by molar-refractivity contribution is 4.97. The van der Waals surface area contributed by atoms with Gasteiger partial charge in [-0.05, 0) is 45.8 Å². The zero-order chi connectivity index (χ0) is 12.3. The third-order valence-electron chi connectivity index (χ3n) is 2.42. The van der Waals surface area contributed by atoms with Crippen LogP contribution in [0, 0.1) is 5.92 Å². The van der Waals surface area contributed by atoms with Crippen LogP contribution in [0.1, 0.15) is 53.9 Å². The molecule has 92 valence electrons. The second-order valence-electron chi connectivity index (χ2n) is 4.13. The fourth-order valence-electron chi connectivity index (χ4n) is 1.50. The number of allylic oxidation sites excluding steroid dienone is 1. The Morgan fingerprint density at radius 1 is 1.20 bits per heavy atom. The number of rotatable bonds is 1. The fourth-order valence-corrected chi connectivity index (χ4v) is 1.50. The molecule has 1 aliphatic heterocycles. The summed E-state index contributed by atoms with van der Waals surface area (Å²) in [5, 5.41) is 0. The van der Waals surface area contributed by atoms with Gasteiger partial charge in [0, 0.05) is 0 Å². The highest BCUT2D eigenvalue weighted by atomic mass is 15.1. The Kier molecular flexibility index (Phi) is 13.4. The van der Waals surface area contributed by atoms with Gasteiger partial charge in [0.25, 0.3) is 0 Å². The summed E-state index contributed by atoms with van der Waals surface area (Å²) in [7, 11) is 2.19. The summed E-state index contributed by atoms with van der Waals surface area (Å²) in [4.78, 5) is 2.39. The Hall–Kier alpha value is -0.300. The lowest BCUT2D eigenvalue weighted by Crippen LogP contribution is -2.30. The lowest BCUT2D eigenvalue weighted by Gasteiger charge is -2.28. The summed E-state index contributed by atoms with van der Waals surface area (Å²) >= 11 is 0. The smallest absolute Gasteiger partial charge is 0.00161 e. The van der Waals surface area contributed by atoms with Gasteiger partial charge in [0.05, 0.1) is 0 Å². The number of hydrogen-bond donors (Lipinski definition) is 0. The van der Waals surface area contributed by atoms with Gasteiger partial charge in [-0.15, -0.1) is 0 Å². The molecule has 1 rings (SSSR count). The minimum absolute atomic E-state index is 0.802. The van der Waals surface area contributed by atoms with Crippen LogP contribution in [0.15, 0.2) is 12.2 Å².